The lowest BCUT2D eigenvalue weighted by Crippen LogP contribution is -2.16. The molecule has 0 heterocycles. The lowest BCUT2D eigenvalue weighted by atomic mass is 10.1. The molecule has 0 saturated carbocycles. The van der Waals surface area contributed by atoms with Crippen molar-refractivity contribution in [3.63, 3.8) is 0 Å². The zero-order valence-electron chi connectivity index (χ0n) is 17.4. The second-order valence-corrected chi connectivity index (χ2v) is 7.04. The third-order valence-electron chi connectivity index (χ3n) is 4.79. The predicted octanol–water partition coefficient (Wildman–Crippen LogP) is 4.92. The molecule has 0 unspecified atom stereocenters. The van der Waals surface area contributed by atoms with E-state index in [1.807, 2.05) is 24.3 Å². The zero-order chi connectivity index (χ0) is 20.5. The van der Waals surface area contributed by atoms with Gasteiger partial charge < -0.3 is 19.5 Å². The van der Waals surface area contributed by atoms with Crippen LogP contribution in [0.25, 0.3) is 0 Å². The van der Waals surface area contributed by atoms with Crippen molar-refractivity contribution in [1.82, 2.24) is 5.32 Å². The van der Waals surface area contributed by atoms with Crippen molar-refractivity contribution in [1.29, 1.82) is 0 Å². The van der Waals surface area contributed by atoms with Gasteiger partial charge in [-0.1, -0.05) is 48.0 Å². The second-order valence-electron chi connectivity index (χ2n) is 7.04. The quantitative estimate of drug-likeness (QED) is 0.498. The smallest absolute Gasteiger partial charge is 0.160 e. The molecule has 0 bridgehead atoms. The van der Waals surface area contributed by atoms with Gasteiger partial charge in [-0.2, -0.15) is 0 Å². The van der Waals surface area contributed by atoms with Crippen LogP contribution in [0.1, 0.15) is 22.3 Å². The van der Waals surface area contributed by atoms with Gasteiger partial charge in [-0.15, -0.1) is 0 Å². The number of rotatable bonds is 10. The minimum Gasteiger partial charge on any atom is -0.493 e. The van der Waals surface area contributed by atoms with Crippen molar-refractivity contribution in [2.75, 3.05) is 20.8 Å². The van der Waals surface area contributed by atoms with E-state index in [1.165, 1.54) is 22.3 Å². The standard InChI is InChI=1S/C25H29NO3/c1-19-7-9-21(10-8-19)18-29-23-6-4-5-22(15-23)17-26-14-13-20-11-12-24(27-2)25(16-20)28-3/h4-12,15-16,26H,13-14,17-18H2,1-3H3. The molecular weight excluding hydrogens is 362 g/mol. The van der Waals surface area contributed by atoms with Gasteiger partial charge in [0, 0.05) is 6.54 Å². The number of methoxy groups -OCH3 is 2. The largest absolute Gasteiger partial charge is 0.493 e. The molecule has 3 aromatic rings. The highest BCUT2D eigenvalue weighted by atomic mass is 16.5. The topological polar surface area (TPSA) is 39.7 Å². The molecule has 0 aliphatic carbocycles. The molecule has 1 N–H and O–H groups in total. The van der Waals surface area contributed by atoms with Gasteiger partial charge in [0.05, 0.1) is 14.2 Å². The van der Waals surface area contributed by atoms with Crippen LogP contribution >= 0.6 is 0 Å². The Labute approximate surface area is 173 Å². The summed E-state index contributed by atoms with van der Waals surface area (Å²) in [7, 11) is 3.31. The molecular formula is C25H29NO3. The van der Waals surface area contributed by atoms with E-state index in [9.17, 15) is 0 Å². The summed E-state index contributed by atoms with van der Waals surface area (Å²) >= 11 is 0. The highest BCUT2D eigenvalue weighted by Gasteiger charge is 2.04. The summed E-state index contributed by atoms with van der Waals surface area (Å²) in [5.41, 5.74) is 4.85. The zero-order valence-corrected chi connectivity index (χ0v) is 17.4. The molecule has 3 aromatic carbocycles. The van der Waals surface area contributed by atoms with E-state index in [4.69, 9.17) is 14.2 Å². The van der Waals surface area contributed by atoms with Crippen molar-refractivity contribution in [2.24, 2.45) is 0 Å². The lowest BCUT2D eigenvalue weighted by Gasteiger charge is -2.11. The van der Waals surface area contributed by atoms with Crippen LogP contribution in [0, 0.1) is 6.92 Å². The monoisotopic (exact) mass is 391 g/mol. The molecule has 0 aromatic heterocycles. The first-order valence-electron chi connectivity index (χ1n) is 9.87. The average Bonchev–Trinajstić information content (AvgIpc) is 2.76. The molecule has 0 atom stereocenters. The normalized spacial score (nSPS) is 10.6. The van der Waals surface area contributed by atoms with Gasteiger partial charge in [0.2, 0.25) is 0 Å². The van der Waals surface area contributed by atoms with E-state index in [0.717, 1.165) is 36.8 Å². The number of aryl methyl sites for hydroxylation is 1. The van der Waals surface area contributed by atoms with Crippen molar-refractivity contribution >= 4 is 0 Å². The van der Waals surface area contributed by atoms with E-state index in [0.29, 0.717) is 6.61 Å². The van der Waals surface area contributed by atoms with Crippen LogP contribution in [-0.4, -0.2) is 20.8 Å². The van der Waals surface area contributed by atoms with Crippen molar-refractivity contribution in [3.8, 4) is 17.2 Å². The summed E-state index contributed by atoms with van der Waals surface area (Å²) < 4.78 is 16.6. The fourth-order valence-electron chi connectivity index (χ4n) is 3.10. The average molecular weight is 392 g/mol. The Morgan fingerprint density at radius 1 is 0.759 bits per heavy atom. The molecule has 0 radical (unpaired) electrons. The van der Waals surface area contributed by atoms with E-state index >= 15 is 0 Å². The Kier molecular flexibility index (Phi) is 7.54. The SMILES string of the molecule is COc1ccc(CCNCc2cccc(OCc3ccc(C)cc3)c2)cc1OC. The Morgan fingerprint density at radius 2 is 1.52 bits per heavy atom. The first-order valence-corrected chi connectivity index (χ1v) is 9.87. The molecule has 0 saturated heterocycles. The van der Waals surface area contributed by atoms with Crippen LogP contribution in [0.15, 0.2) is 66.7 Å². The Balaban J connectivity index is 1.46. The van der Waals surface area contributed by atoms with Gasteiger partial charge in [0.15, 0.2) is 11.5 Å². The van der Waals surface area contributed by atoms with E-state index in [-0.39, 0.29) is 0 Å². The summed E-state index contributed by atoms with van der Waals surface area (Å²) in [6.07, 6.45) is 0.921. The van der Waals surface area contributed by atoms with Crippen LogP contribution in [0.5, 0.6) is 17.2 Å². The summed E-state index contributed by atoms with van der Waals surface area (Å²) in [6.45, 7) is 4.35. The van der Waals surface area contributed by atoms with Gasteiger partial charge >= 0.3 is 0 Å². The highest BCUT2D eigenvalue weighted by molar-refractivity contribution is 5.43. The number of nitrogens with one attached hydrogen (secondary N) is 1. The van der Waals surface area contributed by atoms with E-state index in [2.05, 4.69) is 54.7 Å². The van der Waals surface area contributed by atoms with Gasteiger partial charge in [0.1, 0.15) is 12.4 Å². The molecule has 0 aliphatic heterocycles. The molecule has 0 fully saturated rings. The fourth-order valence-corrected chi connectivity index (χ4v) is 3.10. The first kappa shape index (κ1) is 20.7. The van der Waals surface area contributed by atoms with Crippen LogP contribution in [0.2, 0.25) is 0 Å². The van der Waals surface area contributed by atoms with Crippen molar-refractivity contribution in [3.05, 3.63) is 89.0 Å². The Bertz CT molecular complexity index is 906. The molecule has 0 amide bonds. The first-order chi connectivity index (χ1) is 14.2. The van der Waals surface area contributed by atoms with Gasteiger partial charge in [-0.05, 0) is 60.8 Å². The van der Waals surface area contributed by atoms with Crippen LogP contribution in [-0.2, 0) is 19.6 Å². The van der Waals surface area contributed by atoms with Crippen molar-refractivity contribution < 1.29 is 14.2 Å². The molecule has 4 heteroatoms. The minimum atomic E-state index is 0.580. The highest BCUT2D eigenvalue weighted by Crippen LogP contribution is 2.27. The van der Waals surface area contributed by atoms with E-state index in [1.54, 1.807) is 14.2 Å². The third-order valence-corrected chi connectivity index (χ3v) is 4.79. The summed E-state index contributed by atoms with van der Waals surface area (Å²) in [4.78, 5) is 0. The number of hydrogen-bond acceptors (Lipinski definition) is 4. The van der Waals surface area contributed by atoms with Crippen LogP contribution in [0.4, 0.5) is 0 Å². The fraction of sp³-hybridized carbons (Fsp3) is 0.280. The lowest BCUT2D eigenvalue weighted by molar-refractivity contribution is 0.306. The maximum absolute atomic E-state index is 5.94. The molecule has 0 aliphatic rings. The van der Waals surface area contributed by atoms with Gasteiger partial charge in [0.25, 0.3) is 0 Å². The third kappa shape index (κ3) is 6.26. The van der Waals surface area contributed by atoms with Crippen LogP contribution in [0.3, 0.4) is 0 Å². The van der Waals surface area contributed by atoms with Gasteiger partial charge in [-0.25, -0.2) is 0 Å². The van der Waals surface area contributed by atoms with Crippen LogP contribution < -0.4 is 19.5 Å². The molecule has 0 spiro atoms. The number of hydrogen-bond donors (Lipinski definition) is 1. The molecule has 4 nitrogen and oxygen atoms in total. The Hall–Kier alpha value is -2.98. The second kappa shape index (κ2) is 10.5. The maximum atomic E-state index is 5.94. The minimum absolute atomic E-state index is 0.580. The molecule has 29 heavy (non-hydrogen) atoms. The predicted molar refractivity (Wildman–Crippen MR) is 117 cm³/mol. The Morgan fingerprint density at radius 3 is 2.28 bits per heavy atom. The maximum Gasteiger partial charge on any atom is 0.160 e. The summed E-state index contributed by atoms with van der Waals surface area (Å²) in [5, 5.41) is 3.50. The molecule has 3 rings (SSSR count). The summed E-state index contributed by atoms with van der Waals surface area (Å²) in [6, 6.07) is 22.7. The summed E-state index contributed by atoms with van der Waals surface area (Å²) in [5.74, 6) is 2.42. The van der Waals surface area contributed by atoms with Gasteiger partial charge in [-0.3, -0.25) is 0 Å². The number of ether oxygens (including phenoxy) is 3. The number of benzene rings is 3. The molecule has 152 valence electrons. The van der Waals surface area contributed by atoms with Crippen molar-refractivity contribution in [2.45, 2.75) is 26.5 Å². The van der Waals surface area contributed by atoms with E-state index < -0.39 is 0 Å².